The molecule has 0 radical (unpaired) electrons. The van der Waals surface area contributed by atoms with Crippen LogP contribution < -0.4 is 5.32 Å². The number of carboxylic acid groups (broad SMARTS) is 1. The van der Waals surface area contributed by atoms with Gasteiger partial charge in [-0.25, -0.2) is 0 Å². The van der Waals surface area contributed by atoms with Gasteiger partial charge < -0.3 is 29.1 Å². The summed E-state index contributed by atoms with van der Waals surface area (Å²) in [6.45, 7) is 2.59. The Morgan fingerprint density at radius 1 is 1.14 bits per heavy atom. The van der Waals surface area contributed by atoms with Crippen molar-refractivity contribution in [2.24, 2.45) is 5.92 Å². The summed E-state index contributed by atoms with van der Waals surface area (Å²) in [5, 5.41) is 12.2. The lowest BCUT2D eigenvalue weighted by atomic mass is 10.0. The Morgan fingerprint density at radius 2 is 1.90 bits per heavy atom. The molecule has 8 heteroatoms. The molecule has 0 spiro atoms. The van der Waals surface area contributed by atoms with Crippen LogP contribution in [0.5, 0.6) is 0 Å². The third-order valence-electron chi connectivity index (χ3n) is 4.26. The monoisotopic (exact) mass is 405 g/mol. The van der Waals surface area contributed by atoms with E-state index in [4.69, 9.17) is 18.6 Å². The van der Waals surface area contributed by atoms with Crippen molar-refractivity contribution in [1.82, 2.24) is 5.32 Å². The highest BCUT2D eigenvalue weighted by molar-refractivity contribution is 5.94. The van der Waals surface area contributed by atoms with E-state index in [0.717, 1.165) is 5.56 Å². The fraction of sp³-hybridized carbons (Fsp3) is 0.429. The molecule has 0 aliphatic heterocycles. The van der Waals surface area contributed by atoms with Crippen LogP contribution in [0.15, 0.2) is 47.1 Å². The second-order valence-electron chi connectivity index (χ2n) is 6.43. The summed E-state index contributed by atoms with van der Waals surface area (Å²) in [6.07, 6.45) is 1.76. The van der Waals surface area contributed by atoms with Gasteiger partial charge in [0.25, 0.3) is 5.91 Å². The summed E-state index contributed by atoms with van der Waals surface area (Å²) < 4.78 is 20.9. The van der Waals surface area contributed by atoms with Crippen LogP contribution in [0, 0.1) is 5.92 Å². The summed E-state index contributed by atoms with van der Waals surface area (Å²) in [5.74, 6) is -1.35. The van der Waals surface area contributed by atoms with Crippen molar-refractivity contribution in [2.45, 2.75) is 19.4 Å². The van der Waals surface area contributed by atoms with Crippen LogP contribution >= 0.6 is 0 Å². The SMILES string of the molecule is CCOCOCC(CC(COC)C(=O)O)NC(=O)c1ccc(-c2ccco2)cc1. The van der Waals surface area contributed by atoms with Gasteiger partial charge >= 0.3 is 5.97 Å². The summed E-state index contributed by atoms with van der Waals surface area (Å²) in [4.78, 5) is 24.1. The molecule has 1 aromatic carbocycles. The van der Waals surface area contributed by atoms with Crippen LogP contribution in [0.1, 0.15) is 23.7 Å². The van der Waals surface area contributed by atoms with E-state index >= 15 is 0 Å². The maximum atomic E-state index is 12.7. The maximum Gasteiger partial charge on any atom is 0.308 e. The van der Waals surface area contributed by atoms with Crippen molar-refractivity contribution >= 4 is 11.9 Å². The number of aliphatic carboxylic acids is 1. The highest BCUT2D eigenvalue weighted by atomic mass is 16.7. The van der Waals surface area contributed by atoms with Crippen LogP contribution in [-0.4, -0.2) is 56.7 Å². The summed E-state index contributed by atoms with van der Waals surface area (Å²) in [6, 6.07) is 10.1. The minimum Gasteiger partial charge on any atom is -0.481 e. The summed E-state index contributed by atoms with van der Waals surface area (Å²) >= 11 is 0. The number of nitrogens with one attached hydrogen (secondary N) is 1. The number of carbonyl (C=O) groups is 2. The predicted octanol–water partition coefficient (Wildman–Crippen LogP) is 2.79. The lowest BCUT2D eigenvalue weighted by Crippen LogP contribution is -2.41. The number of ether oxygens (including phenoxy) is 3. The molecule has 158 valence electrons. The van der Waals surface area contributed by atoms with E-state index < -0.39 is 17.9 Å². The van der Waals surface area contributed by atoms with Crippen LogP contribution in [0.2, 0.25) is 0 Å². The highest BCUT2D eigenvalue weighted by Crippen LogP contribution is 2.20. The van der Waals surface area contributed by atoms with Crippen LogP contribution in [0.4, 0.5) is 0 Å². The van der Waals surface area contributed by atoms with Crippen molar-refractivity contribution in [3.8, 4) is 11.3 Å². The van der Waals surface area contributed by atoms with Gasteiger partial charge in [-0.2, -0.15) is 0 Å². The molecule has 2 rings (SSSR count). The maximum absolute atomic E-state index is 12.7. The third-order valence-corrected chi connectivity index (χ3v) is 4.26. The molecular weight excluding hydrogens is 378 g/mol. The molecule has 0 aliphatic carbocycles. The minimum atomic E-state index is -0.987. The normalized spacial score (nSPS) is 13.0. The van der Waals surface area contributed by atoms with Gasteiger partial charge in [-0.15, -0.1) is 0 Å². The Kier molecular flexibility index (Phi) is 9.36. The third kappa shape index (κ3) is 7.34. The zero-order valence-corrected chi connectivity index (χ0v) is 16.6. The van der Waals surface area contributed by atoms with Gasteiger partial charge in [0.05, 0.1) is 31.4 Å². The number of benzene rings is 1. The number of carbonyl (C=O) groups excluding carboxylic acids is 1. The first-order valence-corrected chi connectivity index (χ1v) is 9.37. The van der Waals surface area contributed by atoms with Gasteiger partial charge in [-0.1, -0.05) is 12.1 Å². The summed E-state index contributed by atoms with van der Waals surface area (Å²) in [5.41, 5.74) is 1.31. The second-order valence-corrected chi connectivity index (χ2v) is 6.43. The molecule has 0 saturated heterocycles. The Labute approximate surface area is 169 Å². The number of methoxy groups -OCH3 is 1. The zero-order chi connectivity index (χ0) is 21.1. The van der Waals surface area contributed by atoms with Gasteiger partial charge in [0.2, 0.25) is 0 Å². The van der Waals surface area contributed by atoms with Crippen LogP contribution in [0.25, 0.3) is 11.3 Å². The average Bonchev–Trinajstić information content (AvgIpc) is 3.25. The number of rotatable bonds is 13. The summed E-state index contributed by atoms with van der Waals surface area (Å²) in [7, 11) is 1.44. The highest BCUT2D eigenvalue weighted by Gasteiger charge is 2.24. The molecule has 0 aliphatic rings. The molecule has 2 atom stereocenters. The van der Waals surface area contributed by atoms with Crippen molar-refractivity contribution in [1.29, 1.82) is 0 Å². The largest absolute Gasteiger partial charge is 0.481 e. The van der Waals surface area contributed by atoms with Crippen molar-refractivity contribution in [2.75, 3.05) is 33.7 Å². The van der Waals surface area contributed by atoms with Crippen molar-refractivity contribution < 1.29 is 33.3 Å². The number of hydrogen-bond donors (Lipinski definition) is 2. The molecule has 0 saturated carbocycles. The predicted molar refractivity (Wildman–Crippen MR) is 105 cm³/mol. The minimum absolute atomic E-state index is 0.0466. The molecule has 2 N–H and O–H groups in total. The fourth-order valence-electron chi connectivity index (χ4n) is 2.78. The standard InChI is InChI=1S/C21H27NO7/c1-3-27-14-28-13-18(11-17(12-26-2)21(24)25)22-20(23)16-8-6-15(7-9-16)19-5-4-10-29-19/h4-10,17-18H,3,11-14H2,1-2H3,(H,22,23)(H,24,25). The molecule has 2 unspecified atom stereocenters. The topological polar surface area (TPSA) is 107 Å². The number of amides is 1. The van der Waals surface area contributed by atoms with E-state index in [1.807, 2.05) is 13.0 Å². The van der Waals surface area contributed by atoms with Gasteiger partial charge in [0.15, 0.2) is 0 Å². The molecule has 1 heterocycles. The number of hydrogen-bond acceptors (Lipinski definition) is 6. The van der Waals surface area contributed by atoms with Gasteiger partial charge in [-0.05, 0) is 37.6 Å². The van der Waals surface area contributed by atoms with Crippen molar-refractivity contribution in [3.63, 3.8) is 0 Å². The number of furan rings is 1. The first-order chi connectivity index (χ1) is 14.0. The molecule has 1 aromatic heterocycles. The van der Waals surface area contributed by atoms with E-state index in [1.54, 1.807) is 36.6 Å². The smallest absolute Gasteiger partial charge is 0.308 e. The lowest BCUT2D eigenvalue weighted by Gasteiger charge is -2.22. The number of carboxylic acids is 1. The molecule has 8 nitrogen and oxygen atoms in total. The Hall–Kier alpha value is -2.68. The van der Waals surface area contributed by atoms with E-state index in [2.05, 4.69) is 5.32 Å². The van der Waals surface area contributed by atoms with Gasteiger partial charge in [0, 0.05) is 24.8 Å². The quantitative estimate of drug-likeness (QED) is 0.390. The first-order valence-electron chi connectivity index (χ1n) is 9.37. The van der Waals surface area contributed by atoms with Crippen LogP contribution in [-0.2, 0) is 19.0 Å². The first kappa shape index (κ1) is 22.6. The molecular formula is C21H27NO7. The Bertz CT molecular complexity index is 743. The van der Waals surface area contributed by atoms with Gasteiger partial charge in [0.1, 0.15) is 12.6 Å². The zero-order valence-electron chi connectivity index (χ0n) is 16.6. The van der Waals surface area contributed by atoms with Gasteiger partial charge in [-0.3, -0.25) is 9.59 Å². The second kappa shape index (κ2) is 12.0. The molecule has 29 heavy (non-hydrogen) atoms. The fourth-order valence-corrected chi connectivity index (χ4v) is 2.78. The van der Waals surface area contributed by atoms with E-state index in [0.29, 0.717) is 17.9 Å². The molecule has 1 amide bonds. The molecule has 2 aromatic rings. The Morgan fingerprint density at radius 3 is 2.48 bits per heavy atom. The Balaban J connectivity index is 2.03. The molecule has 0 bridgehead atoms. The van der Waals surface area contributed by atoms with Crippen molar-refractivity contribution in [3.05, 3.63) is 48.2 Å². The lowest BCUT2D eigenvalue weighted by molar-refractivity contribution is -0.144. The van der Waals surface area contributed by atoms with E-state index in [1.165, 1.54) is 7.11 Å². The molecule has 0 fully saturated rings. The average molecular weight is 405 g/mol. The van der Waals surface area contributed by atoms with E-state index in [9.17, 15) is 14.7 Å². The van der Waals surface area contributed by atoms with E-state index in [-0.39, 0.29) is 32.3 Å². The van der Waals surface area contributed by atoms with Crippen LogP contribution in [0.3, 0.4) is 0 Å².